The predicted molar refractivity (Wildman–Crippen MR) is 146 cm³/mol. The molecule has 202 valence electrons. The van der Waals surface area contributed by atoms with E-state index in [1.165, 1.54) is 44.9 Å². The second-order valence-corrected chi connectivity index (χ2v) is 14.1. The molecule has 0 amide bonds. The summed E-state index contributed by atoms with van der Waals surface area (Å²) in [6.45, 7) is 14.9. The van der Waals surface area contributed by atoms with Crippen LogP contribution < -0.4 is 0 Å². The third-order valence-corrected chi connectivity index (χ3v) is 11.8. The quantitative estimate of drug-likeness (QED) is 0.356. The predicted octanol–water partition coefficient (Wildman–Crippen LogP) is 8.28. The molecule has 3 saturated carbocycles. The summed E-state index contributed by atoms with van der Waals surface area (Å²) in [6.07, 6.45) is 18.3. The molecule has 0 N–H and O–H groups in total. The smallest absolute Gasteiger partial charge is 0.157 e. The van der Waals surface area contributed by atoms with Crippen molar-refractivity contribution < 1.29 is 14.3 Å². The molecule has 0 spiro atoms. The van der Waals surface area contributed by atoms with Gasteiger partial charge in [-0.1, -0.05) is 64.8 Å². The molecule has 9 atom stereocenters. The summed E-state index contributed by atoms with van der Waals surface area (Å²) >= 11 is 0. The molecule has 4 aliphatic carbocycles. The molecular weight excluding hydrogens is 444 g/mol. The molecule has 5 aliphatic rings. The molecule has 3 nitrogen and oxygen atoms in total. The third kappa shape index (κ3) is 4.70. The van der Waals surface area contributed by atoms with Crippen molar-refractivity contribution in [3.8, 4) is 0 Å². The van der Waals surface area contributed by atoms with Crippen molar-refractivity contribution in [2.45, 2.75) is 125 Å². The van der Waals surface area contributed by atoms with E-state index in [0.29, 0.717) is 52.3 Å². The standard InChI is InChI=1S/C33H52O3/c1-21(2)23(4)30(34)19-22(3)27-12-13-28-26-11-10-24-20-25(36-31-9-7-8-18-35-31)14-16-32(24,5)29(26)15-17-33(27,28)6/h10-11,21-23,25,27-29,31H,7-9,12-20H2,1-6H3/t22-,23?,25+,27-,28+,29+,31?,32+,33-/m1/s1. The monoisotopic (exact) mass is 496 g/mol. The Labute approximate surface area is 220 Å². The van der Waals surface area contributed by atoms with Gasteiger partial charge in [0, 0.05) is 18.9 Å². The number of rotatable bonds is 7. The van der Waals surface area contributed by atoms with Crippen molar-refractivity contribution in [2.75, 3.05) is 6.61 Å². The van der Waals surface area contributed by atoms with E-state index in [1.54, 1.807) is 11.1 Å². The second-order valence-electron chi connectivity index (χ2n) is 14.1. The lowest BCUT2D eigenvalue weighted by Crippen LogP contribution is -2.47. The van der Waals surface area contributed by atoms with Gasteiger partial charge in [0.15, 0.2) is 6.29 Å². The zero-order valence-electron chi connectivity index (χ0n) is 24.0. The first-order chi connectivity index (χ1) is 17.1. The molecule has 0 aromatic heterocycles. The van der Waals surface area contributed by atoms with E-state index in [1.807, 2.05) is 0 Å². The molecule has 4 fully saturated rings. The van der Waals surface area contributed by atoms with Gasteiger partial charge in [0.25, 0.3) is 0 Å². The molecule has 5 rings (SSSR count). The van der Waals surface area contributed by atoms with E-state index < -0.39 is 0 Å². The number of hydrogen-bond donors (Lipinski definition) is 0. The average Bonchev–Trinajstić information content (AvgIpc) is 3.21. The normalized spacial score (nSPS) is 42.0. The van der Waals surface area contributed by atoms with Gasteiger partial charge in [-0.05, 0) is 105 Å². The summed E-state index contributed by atoms with van der Waals surface area (Å²) in [5, 5.41) is 0. The van der Waals surface area contributed by atoms with Gasteiger partial charge in [-0.2, -0.15) is 0 Å². The summed E-state index contributed by atoms with van der Waals surface area (Å²) in [4.78, 5) is 13.0. The van der Waals surface area contributed by atoms with E-state index >= 15 is 0 Å². The average molecular weight is 497 g/mol. The maximum atomic E-state index is 13.0. The number of Topliss-reactive ketones (excluding diaryl/α,β-unsaturated/α-hetero) is 1. The number of carbonyl (C=O) groups is 1. The van der Waals surface area contributed by atoms with Gasteiger partial charge in [-0.3, -0.25) is 4.79 Å². The van der Waals surface area contributed by atoms with Crippen LogP contribution in [0.4, 0.5) is 0 Å². The third-order valence-electron chi connectivity index (χ3n) is 11.8. The molecule has 0 aromatic carbocycles. The Morgan fingerprint density at radius 3 is 2.53 bits per heavy atom. The first-order valence-corrected chi connectivity index (χ1v) is 15.3. The highest BCUT2D eigenvalue weighted by Crippen LogP contribution is 2.66. The first-order valence-electron chi connectivity index (χ1n) is 15.3. The van der Waals surface area contributed by atoms with Crippen LogP contribution in [-0.2, 0) is 14.3 Å². The zero-order chi connectivity index (χ0) is 25.7. The maximum absolute atomic E-state index is 13.0. The molecule has 0 aromatic rings. The lowest BCUT2D eigenvalue weighted by Gasteiger charge is -2.55. The van der Waals surface area contributed by atoms with Crippen molar-refractivity contribution in [2.24, 2.45) is 46.3 Å². The van der Waals surface area contributed by atoms with Crippen LogP contribution in [0.1, 0.15) is 112 Å². The molecule has 1 aliphatic heterocycles. The largest absolute Gasteiger partial charge is 0.353 e. The van der Waals surface area contributed by atoms with Crippen molar-refractivity contribution in [1.82, 2.24) is 0 Å². The molecule has 36 heavy (non-hydrogen) atoms. The van der Waals surface area contributed by atoms with Crippen LogP contribution in [0.3, 0.4) is 0 Å². The number of hydrogen-bond acceptors (Lipinski definition) is 3. The second kappa shape index (κ2) is 10.3. The van der Waals surface area contributed by atoms with Gasteiger partial charge in [-0.25, -0.2) is 0 Å². The van der Waals surface area contributed by atoms with E-state index in [4.69, 9.17) is 9.47 Å². The molecule has 1 heterocycles. The van der Waals surface area contributed by atoms with Crippen LogP contribution in [0, 0.1) is 46.3 Å². The molecular formula is C33H52O3. The molecule has 2 unspecified atom stereocenters. The van der Waals surface area contributed by atoms with Gasteiger partial charge in [0.1, 0.15) is 5.78 Å². The Morgan fingerprint density at radius 2 is 1.81 bits per heavy atom. The number of carbonyl (C=O) groups excluding carboxylic acids is 1. The van der Waals surface area contributed by atoms with Crippen LogP contribution in [-0.4, -0.2) is 24.8 Å². The minimum absolute atomic E-state index is 0.0200. The van der Waals surface area contributed by atoms with Crippen LogP contribution in [0.15, 0.2) is 23.3 Å². The Hall–Kier alpha value is -0.930. The SMILES string of the molecule is CC(C)C(C)C(=O)C[C@@H](C)[C@H]1CC[C@H]2C3=CC=C4C[C@@H](OC5CCCCO5)CC[C@]4(C)[C@H]3CC[C@]12C. The van der Waals surface area contributed by atoms with E-state index in [0.717, 1.165) is 32.3 Å². The Balaban J connectivity index is 1.29. The van der Waals surface area contributed by atoms with Gasteiger partial charge in [-0.15, -0.1) is 0 Å². The highest BCUT2D eigenvalue weighted by atomic mass is 16.7. The van der Waals surface area contributed by atoms with Crippen LogP contribution in [0.25, 0.3) is 0 Å². The lowest BCUT2D eigenvalue weighted by atomic mass is 9.50. The summed E-state index contributed by atoms with van der Waals surface area (Å²) in [6, 6.07) is 0. The first kappa shape index (κ1) is 26.7. The summed E-state index contributed by atoms with van der Waals surface area (Å²) in [5.41, 5.74) is 4.03. The van der Waals surface area contributed by atoms with Crippen LogP contribution in [0.2, 0.25) is 0 Å². The topological polar surface area (TPSA) is 35.5 Å². The van der Waals surface area contributed by atoms with Crippen molar-refractivity contribution >= 4 is 5.78 Å². The zero-order valence-corrected chi connectivity index (χ0v) is 24.0. The van der Waals surface area contributed by atoms with Gasteiger partial charge < -0.3 is 9.47 Å². The summed E-state index contributed by atoms with van der Waals surface area (Å²) in [5.74, 6) is 3.65. The molecule has 0 radical (unpaired) electrons. The number of allylic oxidation sites excluding steroid dienone is 3. The van der Waals surface area contributed by atoms with Crippen molar-refractivity contribution in [1.29, 1.82) is 0 Å². The molecule has 1 saturated heterocycles. The fraction of sp³-hybridized carbons (Fsp3) is 0.848. The number of ether oxygens (including phenoxy) is 2. The Morgan fingerprint density at radius 1 is 1.00 bits per heavy atom. The van der Waals surface area contributed by atoms with E-state index in [9.17, 15) is 4.79 Å². The Bertz CT molecular complexity index is 879. The highest BCUT2D eigenvalue weighted by molar-refractivity contribution is 5.81. The van der Waals surface area contributed by atoms with Gasteiger partial charge >= 0.3 is 0 Å². The minimum atomic E-state index is 0.0200. The van der Waals surface area contributed by atoms with Gasteiger partial charge in [0.05, 0.1) is 6.10 Å². The lowest BCUT2D eigenvalue weighted by molar-refractivity contribution is -0.193. The fourth-order valence-electron chi connectivity index (χ4n) is 9.11. The van der Waals surface area contributed by atoms with Gasteiger partial charge in [0.2, 0.25) is 0 Å². The maximum Gasteiger partial charge on any atom is 0.157 e. The molecule has 3 heteroatoms. The van der Waals surface area contributed by atoms with E-state index in [2.05, 4.69) is 53.7 Å². The summed E-state index contributed by atoms with van der Waals surface area (Å²) in [7, 11) is 0. The van der Waals surface area contributed by atoms with Crippen LogP contribution in [0.5, 0.6) is 0 Å². The van der Waals surface area contributed by atoms with Crippen molar-refractivity contribution in [3.63, 3.8) is 0 Å². The summed E-state index contributed by atoms with van der Waals surface area (Å²) < 4.78 is 12.3. The van der Waals surface area contributed by atoms with Crippen LogP contribution >= 0.6 is 0 Å². The Kier molecular flexibility index (Phi) is 7.65. The number of fused-ring (bicyclic) bond motifs is 5. The van der Waals surface area contributed by atoms with E-state index in [-0.39, 0.29) is 12.2 Å². The number of ketones is 1. The van der Waals surface area contributed by atoms with Crippen molar-refractivity contribution in [3.05, 3.63) is 23.3 Å². The highest BCUT2D eigenvalue weighted by Gasteiger charge is 2.57. The minimum Gasteiger partial charge on any atom is -0.353 e. The molecule has 0 bridgehead atoms. The fourth-order valence-corrected chi connectivity index (χ4v) is 9.11.